The summed E-state index contributed by atoms with van der Waals surface area (Å²) < 4.78 is 6.68. The van der Waals surface area contributed by atoms with Gasteiger partial charge in [-0.05, 0) is 47.9 Å². The van der Waals surface area contributed by atoms with E-state index >= 15 is 0 Å². The van der Waals surface area contributed by atoms with Crippen molar-refractivity contribution in [3.63, 3.8) is 0 Å². The third-order valence-electron chi connectivity index (χ3n) is 5.61. The molecule has 36 heavy (non-hydrogen) atoms. The molecule has 1 atom stereocenters. The van der Waals surface area contributed by atoms with Crippen molar-refractivity contribution < 1.29 is 14.3 Å². The normalized spacial score (nSPS) is 11.6. The minimum Gasteiger partial charge on any atom is -0.482 e. The zero-order chi connectivity index (χ0) is 25.9. The average Bonchev–Trinajstić information content (AvgIpc) is 2.87. The fraction of sp³-hybridized carbons (Fsp3) is 0.286. The molecule has 3 aromatic rings. The second-order valence-corrected chi connectivity index (χ2v) is 10.1. The molecule has 1 N–H and O–H groups in total. The highest BCUT2D eigenvalue weighted by molar-refractivity contribution is 9.10. The standard InChI is InChI=1S/C28H29BrCl2N2O3/c1-2-3-15-32-28(35)25(16-20-7-5-4-6-8-20)33(18-21-9-11-22(29)12-10-21)27(34)19-36-26-14-13-23(30)17-24(26)31/h4-14,17,25H,2-3,15-16,18-19H2,1H3,(H,32,35). The van der Waals surface area contributed by atoms with E-state index in [1.54, 1.807) is 23.1 Å². The smallest absolute Gasteiger partial charge is 0.261 e. The van der Waals surface area contributed by atoms with Crippen LogP contribution >= 0.6 is 39.1 Å². The van der Waals surface area contributed by atoms with Gasteiger partial charge in [0, 0.05) is 29.0 Å². The summed E-state index contributed by atoms with van der Waals surface area (Å²) in [5, 5.41) is 3.79. The van der Waals surface area contributed by atoms with Crippen LogP contribution in [0.2, 0.25) is 10.0 Å². The first-order valence-electron chi connectivity index (χ1n) is 11.8. The molecule has 0 spiro atoms. The van der Waals surface area contributed by atoms with Crippen LogP contribution < -0.4 is 10.1 Å². The summed E-state index contributed by atoms with van der Waals surface area (Å²) in [4.78, 5) is 28.5. The number of nitrogens with one attached hydrogen (secondary N) is 1. The first-order valence-corrected chi connectivity index (χ1v) is 13.4. The molecule has 0 aliphatic rings. The zero-order valence-corrected chi connectivity index (χ0v) is 23.2. The summed E-state index contributed by atoms with van der Waals surface area (Å²) in [6.45, 7) is 2.60. The molecule has 0 aliphatic heterocycles. The number of benzene rings is 3. The molecule has 0 aromatic heterocycles. The second-order valence-electron chi connectivity index (χ2n) is 8.36. The number of halogens is 3. The maximum Gasteiger partial charge on any atom is 0.261 e. The predicted molar refractivity (Wildman–Crippen MR) is 149 cm³/mol. The van der Waals surface area contributed by atoms with Crippen molar-refractivity contribution in [3.05, 3.63) is 98.4 Å². The van der Waals surface area contributed by atoms with Crippen LogP contribution in [0.5, 0.6) is 5.75 Å². The van der Waals surface area contributed by atoms with Crippen LogP contribution in [0.4, 0.5) is 0 Å². The Morgan fingerprint density at radius 1 is 1.00 bits per heavy atom. The third-order valence-corrected chi connectivity index (χ3v) is 6.67. The highest BCUT2D eigenvalue weighted by atomic mass is 79.9. The summed E-state index contributed by atoms with van der Waals surface area (Å²) in [6, 6.07) is 21.5. The first-order chi connectivity index (χ1) is 17.4. The highest BCUT2D eigenvalue weighted by Crippen LogP contribution is 2.27. The number of amides is 2. The Hall–Kier alpha value is -2.54. The Labute approximate surface area is 230 Å². The van der Waals surface area contributed by atoms with E-state index in [1.165, 1.54) is 0 Å². The number of rotatable bonds is 12. The Kier molecular flexibility index (Phi) is 11.1. The molecule has 0 heterocycles. The van der Waals surface area contributed by atoms with Crippen LogP contribution in [-0.2, 0) is 22.6 Å². The van der Waals surface area contributed by atoms with Gasteiger partial charge in [0.1, 0.15) is 11.8 Å². The van der Waals surface area contributed by atoms with Crippen LogP contribution in [0.25, 0.3) is 0 Å². The van der Waals surface area contributed by atoms with Crippen molar-refractivity contribution in [1.82, 2.24) is 10.2 Å². The predicted octanol–water partition coefficient (Wildman–Crippen LogP) is 6.69. The first kappa shape index (κ1) is 28.0. The molecular formula is C28H29BrCl2N2O3. The molecule has 0 radical (unpaired) electrons. The van der Waals surface area contributed by atoms with Crippen molar-refractivity contribution in [1.29, 1.82) is 0 Å². The van der Waals surface area contributed by atoms with Gasteiger partial charge in [-0.3, -0.25) is 9.59 Å². The lowest BCUT2D eigenvalue weighted by atomic mass is 10.0. The van der Waals surface area contributed by atoms with Crippen LogP contribution in [0, 0.1) is 0 Å². The van der Waals surface area contributed by atoms with Gasteiger partial charge in [0.25, 0.3) is 5.91 Å². The van der Waals surface area contributed by atoms with E-state index in [-0.39, 0.29) is 25.0 Å². The number of unbranched alkanes of at least 4 members (excludes halogenated alkanes) is 1. The van der Waals surface area contributed by atoms with E-state index < -0.39 is 6.04 Å². The topological polar surface area (TPSA) is 58.6 Å². The van der Waals surface area contributed by atoms with Crippen LogP contribution in [0.1, 0.15) is 30.9 Å². The monoisotopic (exact) mass is 590 g/mol. The maximum atomic E-state index is 13.6. The zero-order valence-electron chi connectivity index (χ0n) is 20.1. The molecule has 2 amide bonds. The van der Waals surface area contributed by atoms with E-state index in [0.29, 0.717) is 28.8 Å². The highest BCUT2D eigenvalue weighted by Gasteiger charge is 2.30. The van der Waals surface area contributed by atoms with Crippen molar-refractivity contribution in [2.24, 2.45) is 0 Å². The Morgan fingerprint density at radius 2 is 1.72 bits per heavy atom. The quantitative estimate of drug-likeness (QED) is 0.239. The van der Waals surface area contributed by atoms with E-state index in [1.807, 2.05) is 54.6 Å². The molecule has 5 nitrogen and oxygen atoms in total. The van der Waals surface area contributed by atoms with Gasteiger partial charge >= 0.3 is 0 Å². The average molecular weight is 592 g/mol. The molecule has 0 saturated carbocycles. The van der Waals surface area contributed by atoms with E-state index in [4.69, 9.17) is 27.9 Å². The SMILES string of the molecule is CCCCNC(=O)C(Cc1ccccc1)N(Cc1ccc(Br)cc1)C(=O)COc1ccc(Cl)cc1Cl. The number of carbonyl (C=O) groups excluding carboxylic acids is 2. The molecule has 1 unspecified atom stereocenters. The van der Waals surface area contributed by atoms with Gasteiger partial charge < -0.3 is 15.0 Å². The number of carbonyl (C=O) groups is 2. The summed E-state index contributed by atoms with van der Waals surface area (Å²) in [5.74, 6) is -0.164. The summed E-state index contributed by atoms with van der Waals surface area (Å²) in [5.41, 5.74) is 1.86. The fourth-order valence-corrected chi connectivity index (χ4v) is 4.39. The van der Waals surface area contributed by atoms with E-state index in [9.17, 15) is 9.59 Å². The fourth-order valence-electron chi connectivity index (χ4n) is 3.66. The number of hydrogen-bond acceptors (Lipinski definition) is 3. The largest absolute Gasteiger partial charge is 0.482 e. The molecular weight excluding hydrogens is 563 g/mol. The van der Waals surface area contributed by atoms with Gasteiger partial charge in [-0.2, -0.15) is 0 Å². The molecule has 3 rings (SSSR count). The minimum atomic E-state index is -0.718. The Balaban J connectivity index is 1.88. The van der Waals surface area contributed by atoms with Gasteiger partial charge in [0.15, 0.2) is 6.61 Å². The van der Waals surface area contributed by atoms with Crippen molar-refractivity contribution in [2.75, 3.05) is 13.2 Å². The molecule has 0 saturated heterocycles. The van der Waals surface area contributed by atoms with Gasteiger partial charge in [0.05, 0.1) is 5.02 Å². The lowest BCUT2D eigenvalue weighted by Gasteiger charge is -2.31. The lowest BCUT2D eigenvalue weighted by molar-refractivity contribution is -0.142. The third kappa shape index (κ3) is 8.54. The number of hydrogen-bond donors (Lipinski definition) is 1. The van der Waals surface area contributed by atoms with Crippen LogP contribution in [0.15, 0.2) is 77.3 Å². The van der Waals surface area contributed by atoms with Gasteiger partial charge in [-0.1, -0.05) is 94.9 Å². The summed E-state index contributed by atoms with van der Waals surface area (Å²) in [6.07, 6.45) is 2.20. The number of ether oxygens (including phenoxy) is 1. The molecule has 8 heteroatoms. The van der Waals surface area contributed by atoms with E-state index in [2.05, 4.69) is 28.2 Å². The summed E-state index contributed by atoms with van der Waals surface area (Å²) >= 11 is 15.6. The number of nitrogens with zero attached hydrogens (tertiary/aromatic N) is 1. The second kappa shape index (κ2) is 14.3. The molecule has 190 valence electrons. The van der Waals surface area contributed by atoms with Crippen molar-refractivity contribution >= 4 is 50.9 Å². The van der Waals surface area contributed by atoms with Gasteiger partial charge in [-0.15, -0.1) is 0 Å². The van der Waals surface area contributed by atoms with Crippen molar-refractivity contribution in [3.8, 4) is 5.75 Å². The molecule has 0 bridgehead atoms. The van der Waals surface area contributed by atoms with Crippen LogP contribution in [-0.4, -0.2) is 35.9 Å². The lowest BCUT2D eigenvalue weighted by Crippen LogP contribution is -2.51. The van der Waals surface area contributed by atoms with E-state index in [0.717, 1.165) is 28.4 Å². The Bertz CT molecular complexity index is 1140. The molecule has 0 aliphatic carbocycles. The minimum absolute atomic E-state index is 0.192. The molecule has 0 fully saturated rings. The van der Waals surface area contributed by atoms with Gasteiger partial charge in [0.2, 0.25) is 5.91 Å². The molecule has 3 aromatic carbocycles. The van der Waals surface area contributed by atoms with Crippen molar-refractivity contribution in [2.45, 2.75) is 38.8 Å². The van der Waals surface area contributed by atoms with Gasteiger partial charge in [-0.25, -0.2) is 0 Å². The summed E-state index contributed by atoms with van der Waals surface area (Å²) in [7, 11) is 0. The Morgan fingerprint density at radius 3 is 2.39 bits per heavy atom. The maximum absolute atomic E-state index is 13.6. The van der Waals surface area contributed by atoms with Crippen LogP contribution in [0.3, 0.4) is 0 Å².